The van der Waals surface area contributed by atoms with Crippen molar-refractivity contribution in [2.75, 3.05) is 13.7 Å². The molecule has 0 bridgehead atoms. The number of aromatic hydroxyl groups is 1. The third-order valence-corrected chi connectivity index (χ3v) is 6.42. The zero-order chi connectivity index (χ0) is 22.5. The molecule has 1 amide bonds. The number of fused-ring (bicyclic) bond motifs is 3. The van der Waals surface area contributed by atoms with Gasteiger partial charge in [0.2, 0.25) is 0 Å². The largest absolute Gasteiger partial charge is 0.507 e. The summed E-state index contributed by atoms with van der Waals surface area (Å²) in [6.45, 7) is 11.2. The molecule has 2 aliphatic rings. The lowest BCUT2D eigenvalue weighted by Crippen LogP contribution is -2.29. The predicted molar refractivity (Wildman–Crippen MR) is 123 cm³/mol. The van der Waals surface area contributed by atoms with E-state index in [1.807, 2.05) is 6.92 Å². The van der Waals surface area contributed by atoms with E-state index in [-0.39, 0.29) is 23.7 Å². The maximum absolute atomic E-state index is 12.4. The highest BCUT2D eigenvalue weighted by Crippen LogP contribution is 2.52. The SMILES string of the molecule is C=C1Oc2cc(CCCCC)c(CN(C)C(=O)OCCC)c(O)c2C2C=C(C)CCC12. The fourth-order valence-corrected chi connectivity index (χ4v) is 4.66. The summed E-state index contributed by atoms with van der Waals surface area (Å²) >= 11 is 0. The van der Waals surface area contributed by atoms with Gasteiger partial charge in [-0.15, -0.1) is 0 Å². The lowest BCUT2D eigenvalue weighted by atomic mass is 9.73. The molecule has 5 nitrogen and oxygen atoms in total. The molecule has 1 aliphatic carbocycles. The number of phenols is 1. The van der Waals surface area contributed by atoms with Crippen molar-refractivity contribution < 1.29 is 19.4 Å². The first-order valence-corrected chi connectivity index (χ1v) is 11.7. The summed E-state index contributed by atoms with van der Waals surface area (Å²) < 4.78 is 11.4. The van der Waals surface area contributed by atoms with Crippen LogP contribution in [0, 0.1) is 5.92 Å². The lowest BCUT2D eigenvalue weighted by Gasteiger charge is -2.38. The molecule has 1 aromatic rings. The average Bonchev–Trinajstić information content (AvgIpc) is 2.74. The van der Waals surface area contributed by atoms with Gasteiger partial charge in [0.1, 0.15) is 17.3 Å². The number of amides is 1. The van der Waals surface area contributed by atoms with E-state index in [1.54, 1.807) is 11.9 Å². The van der Waals surface area contributed by atoms with Crippen LogP contribution in [-0.4, -0.2) is 29.8 Å². The Morgan fingerprint density at radius 3 is 2.81 bits per heavy atom. The lowest BCUT2D eigenvalue weighted by molar-refractivity contribution is 0.109. The van der Waals surface area contributed by atoms with Crippen LogP contribution >= 0.6 is 0 Å². The van der Waals surface area contributed by atoms with Crippen molar-refractivity contribution >= 4 is 6.09 Å². The van der Waals surface area contributed by atoms with Crippen LogP contribution in [0.15, 0.2) is 30.1 Å². The number of aryl methyl sites for hydroxylation is 1. The van der Waals surface area contributed by atoms with E-state index in [9.17, 15) is 9.90 Å². The van der Waals surface area contributed by atoms with Crippen LogP contribution in [-0.2, 0) is 17.7 Å². The number of hydrogen-bond donors (Lipinski definition) is 1. The number of nitrogens with zero attached hydrogens (tertiary/aromatic N) is 1. The molecule has 2 unspecified atom stereocenters. The van der Waals surface area contributed by atoms with Gasteiger partial charge in [-0.3, -0.25) is 0 Å². The number of carbonyl (C=O) groups excluding carboxylic acids is 1. The van der Waals surface area contributed by atoms with Crippen molar-refractivity contribution in [2.24, 2.45) is 5.92 Å². The quantitative estimate of drug-likeness (QED) is 0.383. The average molecular weight is 428 g/mol. The van der Waals surface area contributed by atoms with Gasteiger partial charge in [0, 0.05) is 30.0 Å². The molecule has 0 saturated heterocycles. The zero-order valence-corrected chi connectivity index (χ0v) is 19.5. The van der Waals surface area contributed by atoms with Crippen LogP contribution in [0.1, 0.15) is 81.9 Å². The molecule has 0 saturated carbocycles. The van der Waals surface area contributed by atoms with E-state index in [0.717, 1.165) is 67.4 Å². The van der Waals surface area contributed by atoms with Crippen molar-refractivity contribution in [3.8, 4) is 11.5 Å². The number of ether oxygens (including phenoxy) is 2. The van der Waals surface area contributed by atoms with Crippen molar-refractivity contribution in [3.63, 3.8) is 0 Å². The molecule has 1 aromatic carbocycles. The summed E-state index contributed by atoms with van der Waals surface area (Å²) in [5.74, 6) is 1.99. The number of benzene rings is 1. The molecule has 0 fully saturated rings. The summed E-state index contributed by atoms with van der Waals surface area (Å²) in [6.07, 6.45) is 8.76. The van der Waals surface area contributed by atoms with E-state index in [1.165, 1.54) is 5.57 Å². The molecule has 1 N–H and O–H groups in total. The normalized spacial score (nSPS) is 19.7. The summed E-state index contributed by atoms with van der Waals surface area (Å²) in [5.41, 5.74) is 4.00. The Labute approximate surface area is 186 Å². The molecule has 31 heavy (non-hydrogen) atoms. The van der Waals surface area contributed by atoms with Gasteiger partial charge in [-0.25, -0.2) is 4.79 Å². The Hall–Kier alpha value is -2.43. The second-order valence-electron chi connectivity index (χ2n) is 8.95. The highest BCUT2D eigenvalue weighted by atomic mass is 16.6. The van der Waals surface area contributed by atoms with Gasteiger partial charge in [-0.1, -0.05) is 44.9 Å². The number of carbonyl (C=O) groups is 1. The minimum atomic E-state index is -0.366. The summed E-state index contributed by atoms with van der Waals surface area (Å²) in [4.78, 5) is 13.9. The van der Waals surface area contributed by atoms with Gasteiger partial charge in [0.15, 0.2) is 0 Å². The Bertz CT molecular complexity index is 857. The van der Waals surface area contributed by atoms with E-state index >= 15 is 0 Å². The third-order valence-electron chi connectivity index (χ3n) is 6.42. The summed E-state index contributed by atoms with van der Waals surface area (Å²) in [6, 6.07) is 2.06. The smallest absolute Gasteiger partial charge is 0.409 e. The number of allylic oxidation sites excluding steroid dienone is 3. The number of hydrogen-bond acceptors (Lipinski definition) is 4. The number of rotatable bonds is 8. The van der Waals surface area contributed by atoms with Crippen LogP contribution < -0.4 is 4.74 Å². The van der Waals surface area contributed by atoms with Gasteiger partial charge in [-0.05, 0) is 50.7 Å². The van der Waals surface area contributed by atoms with Gasteiger partial charge >= 0.3 is 6.09 Å². The highest BCUT2D eigenvalue weighted by molar-refractivity contribution is 5.68. The first kappa shape index (κ1) is 23.2. The number of phenolic OH excluding ortho intramolecular Hbond substituents is 1. The second kappa shape index (κ2) is 10.3. The Balaban J connectivity index is 2.01. The Morgan fingerprint density at radius 2 is 2.10 bits per heavy atom. The second-order valence-corrected chi connectivity index (χ2v) is 8.95. The molecule has 170 valence electrons. The van der Waals surface area contributed by atoms with E-state index in [2.05, 4.69) is 32.6 Å². The van der Waals surface area contributed by atoms with Crippen LogP contribution in [0.4, 0.5) is 4.79 Å². The van der Waals surface area contributed by atoms with E-state index < -0.39 is 0 Å². The minimum Gasteiger partial charge on any atom is -0.507 e. The maximum atomic E-state index is 12.4. The fourth-order valence-electron chi connectivity index (χ4n) is 4.66. The molecule has 1 aliphatic heterocycles. The van der Waals surface area contributed by atoms with Gasteiger partial charge < -0.3 is 19.5 Å². The molecule has 0 aromatic heterocycles. The Kier molecular flexibility index (Phi) is 7.69. The van der Waals surface area contributed by atoms with Crippen molar-refractivity contribution in [1.29, 1.82) is 0 Å². The summed E-state index contributed by atoms with van der Waals surface area (Å²) in [5, 5.41) is 11.5. The van der Waals surface area contributed by atoms with E-state index in [0.29, 0.717) is 18.9 Å². The Morgan fingerprint density at radius 1 is 1.32 bits per heavy atom. The zero-order valence-electron chi connectivity index (χ0n) is 19.5. The number of unbranched alkanes of at least 4 members (excludes halogenated alkanes) is 2. The fraction of sp³-hybridized carbons (Fsp3) is 0.577. The van der Waals surface area contributed by atoms with Crippen LogP contribution in [0.25, 0.3) is 0 Å². The highest BCUT2D eigenvalue weighted by Gasteiger charge is 2.38. The molecule has 0 spiro atoms. The first-order chi connectivity index (χ1) is 14.9. The molecule has 5 heteroatoms. The molecule has 1 heterocycles. The predicted octanol–water partition coefficient (Wildman–Crippen LogP) is 6.45. The first-order valence-electron chi connectivity index (χ1n) is 11.7. The van der Waals surface area contributed by atoms with Gasteiger partial charge in [-0.2, -0.15) is 0 Å². The molecule has 3 rings (SSSR count). The van der Waals surface area contributed by atoms with Crippen molar-refractivity contribution in [1.82, 2.24) is 4.90 Å². The molecular formula is C26H37NO4. The van der Waals surface area contributed by atoms with Crippen molar-refractivity contribution in [3.05, 3.63) is 46.7 Å². The van der Waals surface area contributed by atoms with Gasteiger partial charge in [0.05, 0.1) is 13.2 Å². The molecule has 2 atom stereocenters. The monoisotopic (exact) mass is 427 g/mol. The van der Waals surface area contributed by atoms with Crippen LogP contribution in [0.2, 0.25) is 0 Å². The maximum Gasteiger partial charge on any atom is 0.409 e. The van der Waals surface area contributed by atoms with Crippen LogP contribution in [0.3, 0.4) is 0 Å². The standard InChI is InChI=1S/C26H37NO4/c1-6-8-9-10-19-15-23-24(21-14-17(3)11-12-20(21)18(4)31-23)25(28)22(19)16-27(5)26(29)30-13-7-2/h14-15,20-21,28H,4,6-13,16H2,1-3,5H3. The van der Waals surface area contributed by atoms with Crippen LogP contribution in [0.5, 0.6) is 11.5 Å². The van der Waals surface area contributed by atoms with Gasteiger partial charge in [0.25, 0.3) is 0 Å². The summed E-state index contributed by atoms with van der Waals surface area (Å²) in [7, 11) is 1.72. The molecule has 0 radical (unpaired) electrons. The van der Waals surface area contributed by atoms with Crippen molar-refractivity contribution in [2.45, 2.75) is 78.2 Å². The minimum absolute atomic E-state index is 0.0609. The topological polar surface area (TPSA) is 59.0 Å². The third kappa shape index (κ3) is 5.08. The molecular weight excluding hydrogens is 390 g/mol. The van der Waals surface area contributed by atoms with E-state index in [4.69, 9.17) is 9.47 Å².